The van der Waals surface area contributed by atoms with Crippen LogP contribution in [0.1, 0.15) is 0 Å². The quantitative estimate of drug-likeness (QED) is 0.792. The maximum Gasteiger partial charge on any atom is 0.211 e. The molecule has 2 aromatic heterocycles. The van der Waals surface area contributed by atoms with Crippen molar-refractivity contribution in [3.8, 4) is 0 Å². The summed E-state index contributed by atoms with van der Waals surface area (Å²) in [5.74, 6) is 0.305. The molecule has 8 heteroatoms. The number of hydrogen-bond donors (Lipinski definition) is 0. The molecule has 0 aliphatic carbocycles. The third-order valence-corrected chi connectivity index (χ3v) is 4.67. The van der Waals surface area contributed by atoms with E-state index < -0.39 is 10.0 Å². The molecule has 1 fully saturated rings. The van der Waals surface area contributed by atoms with Crippen LogP contribution in [0.5, 0.6) is 0 Å². The molecule has 0 N–H and O–H groups in total. The van der Waals surface area contributed by atoms with Gasteiger partial charge in [0.2, 0.25) is 10.0 Å². The van der Waals surface area contributed by atoms with Crippen molar-refractivity contribution >= 4 is 32.7 Å². The van der Waals surface area contributed by atoms with Crippen LogP contribution in [0, 0.1) is 5.92 Å². The van der Waals surface area contributed by atoms with Gasteiger partial charge in [0.25, 0.3) is 0 Å². The fourth-order valence-electron chi connectivity index (χ4n) is 2.19. The monoisotopic (exact) mass is 300 g/mol. The first kappa shape index (κ1) is 12.8. The first-order chi connectivity index (χ1) is 8.91. The molecule has 3 heterocycles. The van der Waals surface area contributed by atoms with E-state index in [1.54, 1.807) is 10.7 Å². The summed E-state index contributed by atoms with van der Waals surface area (Å²) in [6, 6.07) is 3.60. The fourth-order valence-corrected chi connectivity index (χ4v) is 3.30. The second-order valence-electron chi connectivity index (χ2n) is 4.84. The highest BCUT2D eigenvalue weighted by Gasteiger charge is 2.33. The van der Waals surface area contributed by atoms with Crippen LogP contribution in [0.25, 0.3) is 11.0 Å². The summed E-state index contributed by atoms with van der Waals surface area (Å²) in [5.41, 5.74) is 0.617. The summed E-state index contributed by atoms with van der Waals surface area (Å²) in [4.78, 5) is 4.13. The van der Waals surface area contributed by atoms with E-state index in [1.807, 2.05) is 12.3 Å². The van der Waals surface area contributed by atoms with Gasteiger partial charge in [-0.25, -0.2) is 17.7 Å². The fraction of sp³-hybridized carbons (Fsp3) is 0.455. The zero-order valence-electron chi connectivity index (χ0n) is 10.3. The van der Waals surface area contributed by atoms with Gasteiger partial charge >= 0.3 is 0 Å². The molecular weight excluding hydrogens is 288 g/mol. The summed E-state index contributed by atoms with van der Waals surface area (Å²) in [5, 5.41) is 5.69. The number of fused-ring (bicyclic) bond motifs is 1. The van der Waals surface area contributed by atoms with E-state index in [2.05, 4.69) is 10.1 Å². The number of aromatic nitrogens is 3. The lowest BCUT2D eigenvalue weighted by Crippen LogP contribution is -2.50. The molecule has 102 valence electrons. The summed E-state index contributed by atoms with van der Waals surface area (Å²) >= 11 is 5.81. The molecule has 0 radical (unpaired) electrons. The van der Waals surface area contributed by atoms with Crippen molar-refractivity contribution in [2.24, 2.45) is 5.92 Å². The van der Waals surface area contributed by atoms with E-state index in [1.165, 1.54) is 10.6 Å². The molecule has 0 saturated carbocycles. The SMILES string of the molecule is CS(=O)(=O)N1CC(Cn2cc3ccc(Cl)nc3n2)C1. The highest BCUT2D eigenvalue weighted by atomic mass is 35.5. The van der Waals surface area contributed by atoms with Crippen LogP contribution in [-0.2, 0) is 16.6 Å². The topological polar surface area (TPSA) is 68.1 Å². The van der Waals surface area contributed by atoms with Crippen LogP contribution in [0.2, 0.25) is 5.15 Å². The third-order valence-electron chi connectivity index (χ3n) is 3.22. The van der Waals surface area contributed by atoms with Crippen molar-refractivity contribution in [3.05, 3.63) is 23.5 Å². The van der Waals surface area contributed by atoms with Crippen LogP contribution >= 0.6 is 11.6 Å². The Morgan fingerprint density at radius 1 is 1.42 bits per heavy atom. The van der Waals surface area contributed by atoms with Gasteiger partial charge in [-0.05, 0) is 12.1 Å². The van der Waals surface area contributed by atoms with E-state index >= 15 is 0 Å². The Bertz CT molecular complexity index is 721. The molecule has 0 spiro atoms. The third kappa shape index (κ3) is 2.58. The van der Waals surface area contributed by atoms with Gasteiger partial charge in [-0.1, -0.05) is 11.6 Å². The molecule has 0 atom stereocenters. The van der Waals surface area contributed by atoms with E-state index in [0.717, 1.165) is 5.39 Å². The van der Waals surface area contributed by atoms with Crippen LogP contribution in [-0.4, -0.2) is 46.8 Å². The van der Waals surface area contributed by atoms with Crippen LogP contribution in [0.3, 0.4) is 0 Å². The van der Waals surface area contributed by atoms with Gasteiger partial charge in [-0.3, -0.25) is 4.68 Å². The molecule has 0 unspecified atom stereocenters. The largest absolute Gasteiger partial charge is 0.270 e. The Hall–Kier alpha value is -1.18. The van der Waals surface area contributed by atoms with Gasteiger partial charge in [-0.15, -0.1) is 0 Å². The number of rotatable bonds is 3. The highest BCUT2D eigenvalue weighted by Crippen LogP contribution is 2.21. The van der Waals surface area contributed by atoms with Crippen molar-refractivity contribution in [1.82, 2.24) is 19.1 Å². The van der Waals surface area contributed by atoms with Crippen molar-refractivity contribution in [2.45, 2.75) is 6.54 Å². The van der Waals surface area contributed by atoms with Crippen LogP contribution < -0.4 is 0 Å². The molecule has 19 heavy (non-hydrogen) atoms. The Morgan fingerprint density at radius 2 is 2.16 bits per heavy atom. The molecule has 2 aromatic rings. The molecule has 3 rings (SSSR count). The molecule has 1 aliphatic heterocycles. The molecule has 0 amide bonds. The second-order valence-corrected chi connectivity index (χ2v) is 7.21. The Morgan fingerprint density at radius 3 is 2.84 bits per heavy atom. The molecule has 6 nitrogen and oxygen atoms in total. The minimum atomic E-state index is -3.05. The molecule has 1 saturated heterocycles. The number of hydrogen-bond acceptors (Lipinski definition) is 4. The number of sulfonamides is 1. The average molecular weight is 301 g/mol. The Balaban J connectivity index is 1.70. The van der Waals surface area contributed by atoms with Crippen molar-refractivity contribution in [2.75, 3.05) is 19.3 Å². The first-order valence-electron chi connectivity index (χ1n) is 5.86. The maximum absolute atomic E-state index is 11.3. The lowest BCUT2D eigenvalue weighted by molar-refractivity contribution is 0.176. The maximum atomic E-state index is 11.3. The molecule has 0 aromatic carbocycles. The Labute approximate surface area is 116 Å². The average Bonchev–Trinajstić information content (AvgIpc) is 2.62. The van der Waals surface area contributed by atoms with Crippen LogP contribution in [0.15, 0.2) is 18.3 Å². The van der Waals surface area contributed by atoms with Gasteiger partial charge in [0.05, 0.1) is 6.26 Å². The van der Waals surface area contributed by atoms with Gasteiger partial charge in [0.15, 0.2) is 5.65 Å². The summed E-state index contributed by atoms with van der Waals surface area (Å²) < 4.78 is 25.8. The smallest absolute Gasteiger partial charge is 0.211 e. The summed E-state index contributed by atoms with van der Waals surface area (Å²) in [6.45, 7) is 1.81. The van der Waals surface area contributed by atoms with Crippen molar-refractivity contribution in [3.63, 3.8) is 0 Å². The lowest BCUT2D eigenvalue weighted by Gasteiger charge is -2.36. The number of nitrogens with zero attached hydrogens (tertiary/aromatic N) is 4. The zero-order valence-corrected chi connectivity index (χ0v) is 11.9. The van der Waals surface area contributed by atoms with Crippen molar-refractivity contribution in [1.29, 1.82) is 0 Å². The number of halogens is 1. The zero-order chi connectivity index (χ0) is 13.6. The van der Waals surface area contributed by atoms with E-state index in [4.69, 9.17) is 11.6 Å². The van der Waals surface area contributed by atoms with E-state index in [9.17, 15) is 8.42 Å². The highest BCUT2D eigenvalue weighted by molar-refractivity contribution is 7.88. The van der Waals surface area contributed by atoms with E-state index in [-0.39, 0.29) is 0 Å². The normalized spacial score (nSPS) is 17.8. The second kappa shape index (κ2) is 4.43. The summed E-state index contributed by atoms with van der Waals surface area (Å²) in [6.07, 6.45) is 3.14. The van der Waals surface area contributed by atoms with Gasteiger partial charge < -0.3 is 0 Å². The Kier molecular flexibility index (Phi) is 2.99. The first-order valence-corrected chi connectivity index (χ1v) is 8.09. The van der Waals surface area contributed by atoms with Gasteiger partial charge in [0.1, 0.15) is 5.15 Å². The standard InChI is InChI=1S/C11H13ClN4O2S/c1-19(17,18)16-5-8(6-16)4-15-7-9-2-3-10(12)13-11(9)14-15/h2-3,7-8H,4-6H2,1H3. The van der Waals surface area contributed by atoms with Crippen molar-refractivity contribution < 1.29 is 8.42 Å². The van der Waals surface area contributed by atoms with E-state index in [0.29, 0.717) is 36.4 Å². The number of pyridine rings is 1. The molecule has 1 aliphatic rings. The molecular formula is C11H13ClN4O2S. The molecule has 0 bridgehead atoms. The predicted octanol–water partition coefficient (Wildman–Crippen LogP) is 0.976. The minimum absolute atomic E-state index is 0.305. The van der Waals surface area contributed by atoms with Crippen LogP contribution in [0.4, 0.5) is 0 Å². The van der Waals surface area contributed by atoms with Gasteiger partial charge in [0, 0.05) is 37.1 Å². The summed E-state index contributed by atoms with van der Waals surface area (Å²) in [7, 11) is -3.05. The lowest BCUT2D eigenvalue weighted by atomic mass is 10.0. The van der Waals surface area contributed by atoms with Gasteiger partial charge in [-0.2, -0.15) is 5.10 Å². The minimum Gasteiger partial charge on any atom is -0.270 e. The predicted molar refractivity (Wildman–Crippen MR) is 72.4 cm³/mol.